The summed E-state index contributed by atoms with van der Waals surface area (Å²) in [5, 5.41) is 4.31. The topological polar surface area (TPSA) is 34.0 Å². The van der Waals surface area contributed by atoms with Crippen LogP contribution in [0.25, 0.3) is 5.69 Å². The molecule has 4 nitrogen and oxygen atoms in total. The van der Waals surface area contributed by atoms with Gasteiger partial charge < -0.3 is 0 Å². The number of hydrogen-bond acceptors (Lipinski definition) is 3. The van der Waals surface area contributed by atoms with E-state index in [0.29, 0.717) is 0 Å². The number of para-hydroxylation sites is 1. The van der Waals surface area contributed by atoms with E-state index < -0.39 is 0 Å². The first kappa shape index (κ1) is 10.5. The Morgan fingerprint density at radius 3 is 2.59 bits per heavy atom. The lowest BCUT2D eigenvalue weighted by Crippen LogP contribution is -2.21. The number of hydrogen-bond donors (Lipinski definition) is 0. The van der Waals surface area contributed by atoms with Crippen molar-refractivity contribution in [2.75, 3.05) is 13.1 Å². The van der Waals surface area contributed by atoms with Crippen molar-refractivity contribution in [2.45, 2.75) is 19.4 Å². The molecule has 88 valence electrons. The van der Waals surface area contributed by atoms with E-state index in [1.807, 2.05) is 22.9 Å². The maximum atomic E-state index is 4.37. The van der Waals surface area contributed by atoms with Crippen LogP contribution in [0.4, 0.5) is 0 Å². The molecule has 1 aromatic carbocycles. The molecule has 4 heteroatoms. The minimum atomic E-state index is 0.898. The second-order valence-electron chi connectivity index (χ2n) is 4.41. The molecule has 0 unspecified atom stereocenters. The molecular formula is C13H16N4. The Balaban J connectivity index is 1.84. The lowest BCUT2D eigenvalue weighted by Gasteiger charge is -2.14. The van der Waals surface area contributed by atoms with Crippen molar-refractivity contribution in [3.63, 3.8) is 0 Å². The highest BCUT2D eigenvalue weighted by Crippen LogP contribution is 2.13. The smallest absolute Gasteiger partial charge is 0.146 e. The first-order chi connectivity index (χ1) is 8.43. The fraction of sp³-hybridized carbons (Fsp3) is 0.385. The lowest BCUT2D eigenvalue weighted by atomic mass is 10.3. The molecular weight excluding hydrogens is 212 g/mol. The van der Waals surface area contributed by atoms with Gasteiger partial charge in [0.15, 0.2) is 0 Å². The third-order valence-corrected chi connectivity index (χ3v) is 3.18. The Hall–Kier alpha value is -1.68. The molecule has 0 amide bonds. The van der Waals surface area contributed by atoms with Crippen LogP contribution in [-0.2, 0) is 6.54 Å². The number of nitrogens with zero attached hydrogens (tertiary/aromatic N) is 4. The average Bonchev–Trinajstić information content (AvgIpc) is 3.02. The minimum absolute atomic E-state index is 0.898. The normalized spacial score (nSPS) is 16.5. The van der Waals surface area contributed by atoms with Gasteiger partial charge in [-0.1, -0.05) is 18.2 Å². The standard InChI is InChI=1S/C13H16N4/c1-2-6-12(7-3-1)17-13(14-11-15-17)10-16-8-4-5-9-16/h1-3,6-7,11H,4-5,8-10H2. The fourth-order valence-corrected chi connectivity index (χ4v) is 2.30. The Kier molecular flexibility index (Phi) is 2.88. The van der Waals surface area contributed by atoms with Gasteiger partial charge in [-0.2, -0.15) is 5.10 Å². The van der Waals surface area contributed by atoms with Crippen LogP contribution >= 0.6 is 0 Å². The van der Waals surface area contributed by atoms with E-state index in [-0.39, 0.29) is 0 Å². The van der Waals surface area contributed by atoms with Crippen LogP contribution < -0.4 is 0 Å². The molecule has 0 atom stereocenters. The van der Waals surface area contributed by atoms with Crippen molar-refractivity contribution < 1.29 is 0 Å². The third kappa shape index (κ3) is 2.22. The van der Waals surface area contributed by atoms with E-state index in [0.717, 1.165) is 18.1 Å². The van der Waals surface area contributed by atoms with Crippen molar-refractivity contribution in [1.29, 1.82) is 0 Å². The summed E-state index contributed by atoms with van der Waals surface area (Å²) in [5.74, 6) is 1.03. The van der Waals surface area contributed by atoms with Crippen molar-refractivity contribution in [1.82, 2.24) is 19.7 Å². The minimum Gasteiger partial charge on any atom is -0.296 e. The van der Waals surface area contributed by atoms with Crippen LogP contribution in [-0.4, -0.2) is 32.8 Å². The quantitative estimate of drug-likeness (QED) is 0.804. The van der Waals surface area contributed by atoms with Gasteiger partial charge in [0.25, 0.3) is 0 Å². The monoisotopic (exact) mass is 228 g/mol. The van der Waals surface area contributed by atoms with Crippen molar-refractivity contribution in [3.8, 4) is 5.69 Å². The summed E-state index contributed by atoms with van der Waals surface area (Å²) in [6, 6.07) is 10.2. The largest absolute Gasteiger partial charge is 0.296 e. The summed E-state index contributed by atoms with van der Waals surface area (Å²) >= 11 is 0. The van der Waals surface area contributed by atoms with Crippen LogP contribution in [0.2, 0.25) is 0 Å². The van der Waals surface area contributed by atoms with Gasteiger partial charge >= 0.3 is 0 Å². The zero-order valence-corrected chi connectivity index (χ0v) is 9.79. The highest BCUT2D eigenvalue weighted by Gasteiger charge is 2.15. The van der Waals surface area contributed by atoms with E-state index in [1.165, 1.54) is 25.9 Å². The highest BCUT2D eigenvalue weighted by molar-refractivity contribution is 5.30. The van der Waals surface area contributed by atoms with E-state index in [1.54, 1.807) is 6.33 Å². The Bertz CT molecular complexity index is 471. The van der Waals surface area contributed by atoms with E-state index in [4.69, 9.17) is 0 Å². The summed E-state index contributed by atoms with van der Waals surface area (Å²) in [6.07, 6.45) is 4.25. The third-order valence-electron chi connectivity index (χ3n) is 3.18. The molecule has 0 radical (unpaired) electrons. The molecule has 2 aromatic rings. The SMILES string of the molecule is c1ccc(-n2ncnc2CN2CCCC2)cc1. The maximum Gasteiger partial charge on any atom is 0.146 e. The average molecular weight is 228 g/mol. The lowest BCUT2D eigenvalue weighted by molar-refractivity contribution is 0.319. The van der Waals surface area contributed by atoms with Gasteiger partial charge in [-0.25, -0.2) is 9.67 Å². The summed E-state index contributed by atoms with van der Waals surface area (Å²) in [7, 11) is 0. The molecule has 0 N–H and O–H groups in total. The fourth-order valence-electron chi connectivity index (χ4n) is 2.30. The highest BCUT2D eigenvalue weighted by atomic mass is 15.4. The molecule has 0 aliphatic carbocycles. The first-order valence-electron chi connectivity index (χ1n) is 6.10. The summed E-state index contributed by atoms with van der Waals surface area (Å²) in [6.45, 7) is 3.26. The molecule has 1 aromatic heterocycles. The van der Waals surface area contributed by atoms with Crippen molar-refractivity contribution >= 4 is 0 Å². The van der Waals surface area contributed by atoms with Crippen LogP contribution in [0.15, 0.2) is 36.7 Å². The molecule has 0 bridgehead atoms. The van der Waals surface area contributed by atoms with Crippen LogP contribution in [0, 0.1) is 0 Å². The zero-order chi connectivity index (χ0) is 11.5. The Labute approximate surface area is 101 Å². The molecule has 1 aliphatic heterocycles. The molecule has 1 saturated heterocycles. The van der Waals surface area contributed by atoms with Gasteiger partial charge in [-0.3, -0.25) is 4.90 Å². The van der Waals surface area contributed by atoms with Crippen LogP contribution in [0.3, 0.4) is 0 Å². The molecule has 2 heterocycles. The summed E-state index contributed by atoms with van der Waals surface area (Å²) in [4.78, 5) is 6.80. The van der Waals surface area contributed by atoms with Crippen LogP contribution in [0.5, 0.6) is 0 Å². The molecule has 0 spiro atoms. The summed E-state index contributed by atoms with van der Waals surface area (Å²) in [5.41, 5.74) is 1.08. The van der Waals surface area contributed by atoms with Gasteiger partial charge in [0, 0.05) is 0 Å². The van der Waals surface area contributed by atoms with E-state index in [9.17, 15) is 0 Å². The number of benzene rings is 1. The number of rotatable bonds is 3. The van der Waals surface area contributed by atoms with Crippen molar-refractivity contribution in [2.24, 2.45) is 0 Å². The second kappa shape index (κ2) is 4.67. The number of likely N-dealkylation sites (tertiary alicyclic amines) is 1. The van der Waals surface area contributed by atoms with E-state index >= 15 is 0 Å². The van der Waals surface area contributed by atoms with Gasteiger partial charge in [-0.05, 0) is 38.1 Å². The molecule has 17 heavy (non-hydrogen) atoms. The molecule has 0 saturated carbocycles. The molecule has 1 aliphatic rings. The maximum absolute atomic E-state index is 4.37. The first-order valence-corrected chi connectivity index (χ1v) is 6.10. The van der Waals surface area contributed by atoms with Crippen molar-refractivity contribution in [3.05, 3.63) is 42.5 Å². The van der Waals surface area contributed by atoms with Gasteiger partial charge in [0.05, 0.1) is 12.2 Å². The van der Waals surface area contributed by atoms with E-state index in [2.05, 4.69) is 27.1 Å². The Morgan fingerprint density at radius 2 is 1.82 bits per heavy atom. The number of aromatic nitrogens is 3. The predicted octanol–water partition coefficient (Wildman–Crippen LogP) is 1.86. The molecule has 1 fully saturated rings. The second-order valence-corrected chi connectivity index (χ2v) is 4.41. The van der Waals surface area contributed by atoms with Crippen LogP contribution in [0.1, 0.15) is 18.7 Å². The van der Waals surface area contributed by atoms with Gasteiger partial charge in [-0.15, -0.1) is 0 Å². The molecule has 3 rings (SSSR count). The summed E-state index contributed by atoms with van der Waals surface area (Å²) < 4.78 is 1.93. The Morgan fingerprint density at radius 1 is 1.06 bits per heavy atom. The zero-order valence-electron chi connectivity index (χ0n) is 9.79. The predicted molar refractivity (Wildman–Crippen MR) is 65.9 cm³/mol. The van der Waals surface area contributed by atoms with Gasteiger partial charge in [0.2, 0.25) is 0 Å². The van der Waals surface area contributed by atoms with Gasteiger partial charge in [0.1, 0.15) is 12.2 Å².